The third-order valence-corrected chi connectivity index (χ3v) is 5.87. The van der Waals surface area contributed by atoms with E-state index < -0.39 is 6.10 Å². The van der Waals surface area contributed by atoms with Gasteiger partial charge < -0.3 is 10.4 Å². The van der Waals surface area contributed by atoms with Crippen molar-refractivity contribution in [1.29, 1.82) is 0 Å². The summed E-state index contributed by atoms with van der Waals surface area (Å²) in [5.74, 6) is -0.146. The normalized spacial score (nSPS) is 21.5. The highest BCUT2D eigenvalue weighted by Gasteiger charge is 2.29. The fourth-order valence-corrected chi connectivity index (χ4v) is 4.37. The van der Waals surface area contributed by atoms with Gasteiger partial charge in [0.05, 0.1) is 39.1 Å². The van der Waals surface area contributed by atoms with E-state index in [1.807, 2.05) is 23.0 Å². The van der Waals surface area contributed by atoms with E-state index in [2.05, 4.69) is 20.2 Å². The summed E-state index contributed by atoms with van der Waals surface area (Å²) in [6.45, 7) is 2.10. The van der Waals surface area contributed by atoms with Gasteiger partial charge in [0, 0.05) is 30.6 Å². The molecule has 2 aromatic heterocycles. The SMILES string of the molecule is O=C(N[C@@H]1CCN(Cc2cscn2)C[C@H]1O)c1ccc2ncsc2c1. The highest BCUT2D eigenvalue weighted by atomic mass is 32.1. The van der Waals surface area contributed by atoms with Crippen LogP contribution in [0.2, 0.25) is 0 Å². The number of likely N-dealkylation sites (tertiary alicyclic amines) is 1. The second-order valence-electron chi connectivity index (χ2n) is 6.19. The Kier molecular flexibility index (Phi) is 4.76. The third kappa shape index (κ3) is 3.72. The topological polar surface area (TPSA) is 78.4 Å². The van der Waals surface area contributed by atoms with Gasteiger partial charge in [-0.3, -0.25) is 9.69 Å². The quantitative estimate of drug-likeness (QED) is 0.731. The molecule has 0 unspecified atom stereocenters. The van der Waals surface area contributed by atoms with E-state index in [-0.39, 0.29) is 11.9 Å². The molecule has 1 aliphatic heterocycles. The summed E-state index contributed by atoms with van der Waals surface area (Å²) in [7, 11) is 0. The number of fused-ring (bicyclic) bond motifs is 1. The first-order valence-electron chi connectivity index (χ1n) is 8.10. The van der Waals surface area contributed by atoms with E-state index in [1.54, 1.807) is 22.9 Å². The fourth-order valence-electron chi connectivity index (χ4n) is 3.10. The number of hydrogen-bond donors (Lipinski definition) is 2. The number of rotatable bonds is 4. The van der Waals surface area contributed by atoms with Crippen molar-refractivity contribution in [3.8, 4) is 0 Å². The van der Waals surface area contributed by atoms with Gasteiger partial charge in [0.1, 0.15) is 0 Å². The maximum Gasteiger partial charge on any atom is 0.251 e. The molecule has 0 bridgehead atoms. The van der Waals surface area contributed by atoms with E-state index in [1.165, 1.54) is 11.3 Å². The van der Waals surface area contributed by atoms with Crippen molar-refractivity contribution in [1.82, 2.24) is 20.2 Å². The van der Waals surface area contributed by atoms with Crippen molar-refractivity contribution < 1.29 is 9.90 Å². The molecule has 1 amide bonds. The first-order chi connectivity index (χ1) is 12.2. The zero-order valence-electron chi connectivity index (χ0n) is 13.5. The summed E-state index contributed by atoms with van der Waals surface area (Å²) in [5, 5.41) is 15.4. The van der Waals surface area contributed by atoms with Crippen LogP contribution in [-0.2, 0) is 6.54 Å². The van der Waals surface area contributed by atoms with E-state index in [0.29, 0.717) is 12.1 Å². The van der Waals surface area contributed by atoms with Crippen molar-refractivity contribution in [3.63, 3.8) is 0 Å². The van der Waals surface area contributed by atoms with E-state index in [4.69, 9.17) is 0 Å². The number of amides is 1. The van der Waals surface area contributed by atoms with Gasteiger partial charge in [-0.2, -0.15) is 0 Å². The van der Waals surface area contributed by atoms with Gasteiger partial charge in [0.25, 0.3) is 5.91 Å². The minimum atomic E-state index is -0.580. The predicted molar refractivity (Wildman–Crippen MR) is 98.9 cm³/mol. The number of hydrogen-bond acceptors (Lipinski definition) is 7. The molecular formula is C17H18N4O2S2. The number of aliphatic hydroxyl groups is 1. The molecule has 0 aliphatic carbocycles. The van der Waals surface area contributed by atoms with Gasteiger partial charge in [0.15, 0.2) is 0 Å². The Balaban J connectivity index is 1.37. The Morgan fingerprint density at radius 3 is 3.08 bits per heavy atom. The maximum absolute atomic E-state index is 12.5. The van der Waals surface area contributed by atoms with Crippen LogP contribution in [-0.4, -0.2) is 51.1 Å². The third-order valence-electron chi connectivity index (χ3n) is 4.45. The Labute approximate surface area is 153 Å². The number of aliphatic hydroxyl groups excluding tert-OH is 1. The summed E-state index contributed by atoms with van der Waals surface area (Å²) >= 11 is 3.09. The molecule has 2 N–H and O–H groups in total. The summed E-state index contributed by atoms with van der Waals surface area (Å²) in [5.41, 5.74) is 6.12. The van der Waals surface area contributed by atoms with Crippen LogP contribution in [0, 0.1) is 0 Å². The highest BCUT2D eigenvalue weighted by Crippen LogP contribution is 2.20. The fraction of sp³-hybridized carbons (Fsp3) is 0.353. The van der Waals surface area contributed by atoms with Crippen molar-refractivity contribution in [3.05, 3.63) is 45.9 Å². The minimum absolute atomic E-state index is 0.146. The van der Waals surface area contributed by atoms with E-state index in [9.17, 15) is 9.90 Å². The molecule has 130 valence electrons. The highest BCUT2D eigenvalue weighted by molar-refractivity contribution is 7.16. The summed E-state index contributed by atoms with van der Waals surface area (Å²) in [6, 6.07) is 5.26. The molecular weight excluding hydrogens is 356 g/mol. The standard InChI is InChI=1S/C17H18N4O2S2/c22-15-7-21(6-12-8-24-9-18-12)4-3-13(15)20-17(23)11-1-2-14-16(5-11)25-10-19-14/h1-2,5,8-10,13,15,22H,3-4,6-7H2,(H,20,23)/t13-,15-/m1/s1. The summed E-state index contributed by atoms with van der Waals surface area (Å²) in [6.07, 6.45) is 0.142. The Hall–Kier alpha value is -1.87. The van der Waals surface area contributed by atoms with Crippen molar-refractivity contribution in [2.75, 3.05) is 13.1 Å². The number of β-amino-alcohol motifs (C(OH)–C–C–N with tert-alkyl or cyclic N) is 1. The van der Waals surface area contributed by atoms with Gasteiger partial charge in [-0.1, -0.05) is 0 Å². The molecule has 1 fully saturated rings. The van der Waals surface area contributed by atoms with Crippen LogP contribution in [0.15, 0.2) is 34.6 Å². The average molecular weight is 374 g/mol. The zero-order valence-corrected chi connectivity index (χ0v) is 15.1. The number of thiazole rings is 2. The van der Waals surface area contributed by atoms with Crippen molar-refractivity contribution >= 4 is 38.8 Å². The molecule has 1 saturated heterocycles. The lowest BCUT2D eigenvalue weighted by Crippen LogP contribution is -2.53. The number of piperidine rings is 1. The molecule has 0 spiro atoms. The number of benzene rings is 1. The summed E-state index contributed by atoms with van der Waals surface area (Å²) in [4.78, 5) is 23.2. The molecule has 3 heterocycles. The summed E-state index contributed by atoms with van der Waals surface area (Å²) < 4.78 is 0.992. The molecule has 2 atom stereocenters. The number of nitrogens with zero attached hydrogens (tertiary/aromatic N) is 3. The van der Waals surface area contributed by atoms with Crippen LogP contribution in [0.4, 0.5) is 0 Å². The minimum Gasteiger partial charge on any atom is -0.390 e. The van der Waals surface area contributed by atoms with Gasteiger partial charge in [-0.15, -0.1) is 22.7 Å². The number of carbonyl (C=O) groups excluding carboxylic acids is 1. The number of nitrogens with one attached hydrogen (secondary N) is 1. The van der Waals surface area contributed by atoms with Crippen LogP contribution >= 0.6 is 22.7 Å². The van der Waals surface area contributed by atoms with Crippen LogP contribution in [0.25, 0.3) is 10.2 Å². The zero-order chi connectivity index (χ0) is 17.2. The second kappa shape index (κ2) is 7.17. The number of aromatic nitrogens is 2. The number of carbonyl (C=O) groups is 1. The molecule has 1 aromatic carbocycles. The van der Waals surface area contributed by atoms with Crippen LogP contribution < -0.4 is 5.32 Å². The van der Waals surface area contributed by atoms with E-state index in [0.717, 1.165) is 35.4 Å². The Bertz CT molecular complexity index is 865. The van der Waals surface area contributed by atoms with Crippen LogP contribution in [0.5, 0.6) is 0 Å². The Morgan fingerprint density at radius 1 is 1.36 bits per heavy atom. The molecule has 8 heteroatoms. The van der Waals surface area contributed by atoms with Gasteiger partial charge in [0.2, 0.25) is 0 Å². The van der Waals surface area contributed by atoms with Gasteiger partial charge >= 0.3 is 0 Å². The lowest BCUT2D eigenvalue weighted by Gasteiger charge is -2.35. The first kappa shape index (κ1) is 16.6. The van der Waals surface area contributed by atoms with Gasteiger partial charge in [-0.25, -0.2) is 9.97 Å². The lowest BCUT2D eigenvalue weighted by atomic mass is 10.0. The smallest absolute Gasteiger partial charge is 0.251 e. The Morgan fingerprint density at radius 2 is 2.28 bits per heavy atom. The second-order valence-corrected chi connectivity index (χ2v) is 7.79. The average Bonchev–Trinajstić information content (AvgIpc) is 3.27. The first-order valence-corrected chi connectivity index (χ1v) is 9.93. The van der Waals surface area contributed by atoms with Crippen LogP contribution in [0.1, 0.15) is 22.5 Å². The molecule has 6 nitrogen and oxygen atoms in total. The molecule has 1 aliphatic rings. The van der Waals surface area contributed by atoms with Crippen molar-refractivity contribution in [2.45, 2.75) is 25.1 Å². The molecule has 0 saturated carbocycles. The monoisotopic (exact) mass is 374 g/mol. The lowest BCUT2D eigenvalue weighted by molar-refractivity contribution is 0.0346. The maximum atomic E-state index is 12.5. The van der Waals surface area contributed by atoms with Crippen molar-refractivity contribution in [2.24, 2.45) is 0 Å². The predicted octanol–water partition coefficient (Wildman–Crippen LogP) is 2.12. The molecule has 3 aromatic rings. The largest absolute Gasteiger partial charge is 0.390 e. The molecule has 25 heavy (non-hydrogen) atoms. The van der Waals surface area contributed by atoms with E-state index >= 15 is 0 Å². The molecule has 4 rings (SSSR count). The van der Waals surface area contributed by atoms with Crippen LogP contribution in [0.3, 0.4) is 0 Å². The van der Waals surface area contributed by atoms with Gasteiger partial charge in [-0.05, 0) is 24.6 Å². The molecule has 0 radical (unpaired) electrons.